The van der Waals surface area contributed by atoms with E-state index in [2.05, 4.69) is 0 Å². The average molecular weight is 308 g/mol. The first-order valence-electron chi connectivity index (χ1n) is 5.67. The van der Waals surface area contributed by atoms with Gasteiger partial charge < -0.3 is 4.42 Å². The number of aromatic nitrogens is 1. The van der Waals surface area contributed by atoms with Crippen LogP contribution in [0.3, 0.4) is 0 Å². The number of benzene rings is 2. The number of hydrogen-bond donors (Lipinski definition) is 0. The summed E-state index contributed by atoms with van der Waals surface area (Å²) in [7, 11) is 0. The Kier molecular flexibility index (Phi) is 3.12. The van der Waals surface area contributed by atoms with Crippen LogP contribution in [0, 0.1) is 0 Å². The third kappa shape index (κ3) is 2.13. The third-order valence-electron chi connectivity index (χ3n) is 2.82. The molecule has 0 saturated heterocycles. The Balaban J connectivity index is 2.42. The lowest BCUT2D eigenvalue weighted by atomic mass is 10.2. The molecule has 0 radical (unpaired) electrons. The maximum Gasteiger partial charge on any atom is 0.426 e. The van der Waals surface area contributed by atoms with Gasteiger partial charge in [-0.3, -0.25) is 4.79 Å². The summed E-state index contributed by atoms with van der Waals surface area (Å²) in [5, 5.41) is 1.04. The summed E-state index contributed by atoms with van der Waals surface area (Å²) in [6.07, 6.45) is 0. The maximum atomic E-state index is 12.4. The van der Waals surface area contributed by atoms with E-state index in [0.29, 0.717) is 15.7 Å². The van der Waals surface area contributed by atoms with Crippen LogP contribution in [-0.4, -0.2) is 4.57 Å². The molecule has 0 aliphatic heterocycles. The molecule has 20 heavy (non-hydrogen) atoms. The Bertz CT molecular complexity index is 928. The zero-order chi connectivity index (χ0) is 14.3. The summed E-state index contributed by atoms with van der Waals surface area (Å²) in [5.41, 5.74) is 0.0434. The van der Waals surface area contributed by atoms with E-state index in [1.54, 1.807) is 24.3 Å². The first kappa shape index (κ1) is 13.0. The van der Waals surface area contributed by atoms with E-state index in [9.17, 15) is 9.59 Å². The van der Waals surface area contributed by atoms with E-state index >= 15 is 0 Å². The number of halogens is 2. The first-order chi connectivity index (χ1) is 9.56. The molecule has 0 amide bonds. The lowest BCUT2D eigenvalue weighted by Crippen LogP contribution is -2.30. The number of hydrogen-bond acceptors (Lipinski definition) is 3. The molecular formula is C14H7Cl2NO3. The van der Waals surface area contributed by atoms with Gasteiger partial charge in [-0.1, -0.05) is 29.3 Å². The molecule has 0 saturated carbocycles. The summed E-state index contributed by atoms with van der Waals surface area (Å²) >= 11 is 11.7. The Morgan fingerprint density at radius 1 is 0.950 bits per heavy atom. The van der Waals surface area contributed by atoms with Crippen LogP contribution in [0.25, 0.3) is 16.7 Å². The maximum absolute atomic E-state index is 12.4. The van der Waals surface area contributed by atoms with Crippen molar-refractivity contribution in [3.05, 3.63) is 73.4 Å². The molecular weight excluding hydrogens is 301 g/mol. The van der Waals surface area contributed by atoms with E-state index in [1.165, 1.54) is 18.2 Å². The highest BCUT2D eigenvalue weighted by atomic mass is 35.5. The van der Waals surface area contributed by atoms with Gasteiger partial charge in [0.2, 0.25) is 0 Å². The smallest absolute Gasteiger partial charge is 0.409 e. The highest BCUT2D eigenvalue weighted by molar-refractivity contribution is 6.31. The van der Waals surface area contributed by atoms with Crippen molar-refractivity contribution in [3.63, 3.8) is 0 Å². The van der Waals surface area contributed by atoms with E-state index in [0.717, 1.165) is 4.57 Å². The molecule has 0 bridgehead atoms. The van der Waals surface area contributed by atoms with Gasteiger partial charge in [0, 0.05) is 10.0 Å². The topological polar surface area (TPSA) is 52.2 Å². The van der Waals surface area contributed by atoms with Crippen molar-refractivity contribution in [2.45, 2.75) is 0 Å². The zero-order valence-corrected chi connectivity index (χ0v) is 11.5. The normalized spacial score (nSPS) is 10.9. The van der Waals surface area contributed by atoms with Crippen LogP contribution < -0.4 is 11.3 Å². The number of rotatable bonds is 1. The van der Waals surface area contributed by atoms with E-state index in [1.807, 2.05) is 0 Å². The lowest BCUT2D eigenvalue weighted by molar-refractivity contribution is 0.504. The molecule has 1 aromatic heterocycles. The number of nitrogens with zero attached hydrogens (tertiary/aromatic N) is 1. The Morgan fingerprint density at radius 2 is 1.70 bits per heavy atom. The van der Waals surface area contributed by atoms with Crippen LogP contribution in [0.2, 0.25) is 10.0 Å². The molecule has 0 atom stereocenters. The molecule has 100 valence electrons. The van der Waals surface area contributed by atoms with Gasteiger partial charge in [0.15, 0.2) is 0 Å². The minimum atomic E-state index is -0.771. The van der Waals surface area contributed by atoms with Gasteiger partial charge in [0.25, 0.3) is 5.56 Å². The van der Waals surface area contributed by atoms with Crippen molar-refractivity contribution >= 4 is 34.2 Å². The standard InChI is InChI=1S/C14H7Cl2NO3/c15-8-2-1-3-10(6-8)17-13(18)11-7-9(16)4-5-12(11)20-14(17)19/h1-7H. The molecule has 3 rings (SSSR count). The van der Waals surface area contributed by atoms with Crippen molar-refractivity contribution in [1.82, 2.24) is 4.57 Å². The van der Waals surface area contributed by atoms with Crippen LogP contribution in [0.4, 0.5) is 0 Å². The van der Waals surface area contributed by atoms with Crippen molar-refractivity contribution in [2.75, 3.05) is 0 Å². The van der Waals surface area contributed by atoms with Gasteiger partial charge in [-0.05, 0) is 36.4 Å². The zero-order valence-electron chi connectivity index (χ0n) is 9.97. The fraction of sp³-hybridized carbons (Fsp3) is 0. The van der Waals surface area contributed by atoms with Crippen LogP contribution in [-0.2, 0) is 0 Å². The van der Waals surface area contributed by atoms with Crippen LogP contribution in [0.15, 0.2) is 56.5 Å². The second-order valence-electron chi connectivity index (χ2n) is 4.13. The molecule has 0 N–H and O–H groups in total. The van der Waals surface area contributed by atoms with Crippen LogP contribution >= 0.6 is 23.2 Å². The van der Waals surface area contributed by atoms with Crippen molar-refractivity contribution in [3.8, 4) is 5.69 Å². The predicted molar refractivity (Wildman–Crippen MR) is 78.1 cm³/mol. The second kappa shape index (κ2) is 4.81. The van der Waals surface area contributed by atoms with Crippen LogP contribution in [0.5, 0.6) is 0 Å². The molecule has 0 unspecified atom stereocenters. The molecule has 3 aromatic rings. The first-order valence-corrected chi connectivity index (χ1v) is 6.43. The summed E-state index contributed by atoms with van der Waals surface area (Å²) < 4.78 is 6.05. The highest BCUT2D eigenvalue weighted by Crippen LogP contribution is 2.17. The molecule has 6 heteroatoms. The van der Waals surface area contributed by atoms with E-state index < -0.39 is 11.3 Å². The molecule has 4 nitrogen and oxygen atoms in total. The Morgan fingerprint density at radius 3 is 2.45 bits per heavy atom. The van der Waals surface area contributed by atoms with Gasteiger partial charge in [-0.25, -0.2) is 9.36 Å². The SMILES string of the molecule is O=c1oc2ccc(Cl)cc2c(=O)n1-c1cccc(Cl)c1. The minimum absolute atomic E-state index is 0.197. The van der Waals surface area contributed by atoms with Crippen LogP contribution in [0.1, 0.15) is 0 Å². The fourth-order valence-electron chi connectivity index (χ4n) is 1.94. The molecule has 1 heterocycles. The summed E-state index contributed by atoms with van der Waals surface area (Å²) in [4.78, 5) is 24.4. The van der Waals surface area contributed by atoms with Crippen molar-refractivity contribution in [1.29, 1.82) is 0 Å². The monoisotopic (exact) mass is 307 g/mol. The molecule has 0 spiro atoms. The summed E-state index contributed by atoms with van der Waals surface area (Å²) in [6, 6.07) is 10.9. The van der Waals surface area contributed by atoms with Crippen molar-refractivity contribution in [2.24, 2.45) is 0 Å². The van der Waals surface area contributed by atoms with E-state index in [-0.39, 0.29) is 11.0 Å². The summed E-state index contributed by atoms with van der Waals surface area (Å²) in [6.45, 7) is 0. The minimum Gasteiger partial charge on any atom is -0.409 e. The number of fused-ring (bicyclic) bond motifs is 1. The summed E-state index contributed by atoms with van der Waals surface area (Å²) in [5.74, 6) is -0.771. The van der Waals surface area contributed by atoms with Gasteiger partial charge in [-0.15, -0.1) is 0 Å². The predicted octanol–water partition coefficient (Wildman–Crippen LogP) is 3.25. The molecule has 0 fully saturated rings. The van der Waals surface area contributed by atoms with Gasteiger partial charge in [-0.2, -0.15) is 0 Å². The van der Waals surface area contributed by atoms with Gasteiger partial charge in [0.05, 0.1) is 11.1 Å². The lowest BCUT2D eigenvalue weighted by Gasteiger charge is -2.05. The molecule has 0 aliphatic carbocycles. The molecule has 2 aromatic carbocycles. The van der Waals surface area contributed by atoms with E-state index in [4.69, 9.17) is 27.6 Å². The van der Waals surface area contributed by atoms with Gasteiger partial charge in [0.1, 0.15) is 5.58 Å². The average Bonchev–Trinajstić information content (AvgIpc) is 2.40. The van der Waals surface area contributed by atoms with Gasteiger partial charge >= 0.3 is 5.76 Å². The highest BCUT2D eigenvalue weighted by Gasteiger charge is 2.12. The second-order valence-corrected chi connectivity index (χ2v) is 5.00. The Hall–Kier alpha value is -2.04. The third-order valence-corrected chi connectivity index (χ3v) is 3.29. The van der Waals surface area contributed by atoms with Crippen molar-refractivity contribution < 1.29 is 4.42 Å². The fourth-order valence-corrected chi connectivity index (χ4v) is 2.30. The molecule has 0 aliphatic rings. The Labute approximate surface area is 122 Å². The quantitative estimate of drug-likeness (QED) is 0.693. The largest absolute Gasteiger partial charge is 0.426 e.